The number of rotatable bonds is 7. The minimum atomic E-state index is -0.0625. The first-order chi connectivity index (χ1) is 11.6. The topological polar surface area (TPSA) is 110 Å². The zero-order valence-corrected chi connectivity index (χ0v) is 13.6. The van der Waals surface area contributed by atoms with Crippen LogP contribution in [0.3, 0.4) is 0 Å². The first-order valence-corrected chi connectivity index (χ1v) is 7.77. The molecule has 24 heavy (non-hydrogen) atoms. The smallest absolute Gasteiger partial charge is 0.238 e. The molecule has 3 aromatic heterocycles. The van der Waals surface area contributed by atoms with Crippen LogP contribution < -0.4 is 5.32 Å². The fourth-order valence-electron chi connectivity index (χ4n) is 2.37. The first kappa shape index (κ1) is 16.0. The Labute approximate surface area is 138 Å². The number of carbonyl (C=O) groups excluding carboxylic acids is 1. The second-order valence-corrected chi connectivity index (χ2v) is 5.70. The summed E-state index contributed by atoms with van der Waals surface area (Å²) in [5.74, 6) is 1.27. The van der Waals surface area contributed by atoms with E-state index < -0.39 is 0 Å². The third-order valence-electron chi connectivity index (χ3n) is 3.46. The van der Waals surface area contributed by atoms with Gasteiger partial charge < -0.3 is 14.3 Å². The van der Waals surface area contributed by atoms with E-state index in [9.17, 15) is 4.79 Å². The van der Waals surface area contributed by atoms with Crippen LogP contribution in [0.15, 0.2) is 33.4 Å². The van der Waals surface area contributed by atoms with E-state index in [0.717, 1.165) is 11.4 Å². The van der Waals surface area contributed by atoms with Crippen molar-refractivity contribution >= 4 is 5.91 Å². The van der Waals surface area contributed by atoms with E-state index in [1.165, 1.54) is 0 Å². The van der Waals surface area contributed by atoms with Crippen LogP contribution in [-0.2, 0) is 17.6 Å². The number of hydrogen-bond acceptors (Lipinski definition) is 6. The predicted molar refractivity (Wildman–Crippen MR) is 85.0 cm³/mol. The lowest BCUT2D eigenvalue weighted by molar-refractivity contribution is -0.121. The number of hydrogen-bond donors (Lipinski definition) is 2. The zero-order chi connectivity index (χ0) is 16.9. The van der Waals surface area contributed by atoms with Gasteiger partial charge in [0, 0.05) is 31.0 Å². The van der Waals surface area contributed by atoms with Gasteiger partial charge in [0.2, 0.25) is 17.6 Å². The van der Waals surface area contributed by atoms with Crippen molar-refractivity contribution in [2.75, 3.05) is 0 Å². The van der Waals surface area contributed by atoms with Gasteiger partial charge in [-0.2, -0.15) is 10.1 Å². The summed E-state index contributed by atoms with van der Waals surface area (Å²) in [5.41, 5.74) is 1.94. The van der Waals surface area contributed by atoms with Gasteiger partial charge in [-0.25, -0.2) is 0 Å². The average molecular weight is 329 g/mol. The van der Waals surface area contributed by atoms with E-state index in [0.29, 0.717) is 30.3 Å². The normalized spacial score (nSPS) is 12.2. The maximum Gasteiger partial charge on any atom is 0.238 e. The molecule has 2 N–H and O–H groups in total. The van der Waals surface area contributed by atoms with Crippen molar-refractivity contribution in [3.63, 3.8) is 0 Å². The van der Waals surface area contributed by atoms with Crippen molar-refractivity contribution in [1.82, 2.24) is 25.7 Å². The zero-order valence-electron chi connectivity index (χ0n) is 13.6. The highest BCUT2D eigenvalue weighted by atomic mass is 16.5. The lowest BCUT2D eigenvalue weighted by Gasteiger charge is -2.11. The van der Waals surface area contributed by atoms with Gasteiger partial charge in [0.05, 0.1) is 12.0 Å². The maximum absolute atomic E-state index is 12.0. The lowest BCUT2D eigenvalue weighted by Crippen LogP contribution is -2.34. The van der Waals surface area contributed by atoms with Gasteiger partial charge in [-0.3, -0.25) is 9.89 Å². The molecule has 0 bridgehead atoms. The van der Waals surface area contributed by atoms with Crippen LogP contribution in [0.25, 0.3) is 11.6 Å². The number of H-pyrrole nitrogens is 1. The molecule has 1 atom stereocenters. The minimum absolute atomic E-state index is 0.00145. The molecule has 0 saturated carbocycles. The number of aryl methyl sites for hydroxylation is 2. The van der Waals surface area contributed by atoms with Crippen molar-refractivity contribution in [3.05, 3.63) is 41.7 Å². The number of nitrogens with zero attached hydrogens (tertiary/aromatic N) is 3. The third kappa shape index (κ3) is 4.09. The van der Waals surface area contributed by atoms with Gasteiger partial charge in [0.1, 0.15) is 0 Å². The molecule has 0 aromatic carbocycles. The Kier molecular flexibility index (Phi) is 4.74. The molecule has 1 unspecified atom stereocenters. The summed E-state index contributed by atoms with van der Waals surface area (Å²) in [7, 11) is 0. The summed E-state index contributed by atoms with van der Waals surface area (Å²) in [5, 5.41) is 13.8. The van der Waals surface area contributed by atoms with Crippen LogP contribution in [0.4, 0.5) is 0 Å². The summed E-state index contributed by atoms with van der Waals surface area (Å²) in [6.45, 7) is 3.89. The predicted octanol–water partition coefficient (Wildman–Crippen LogP) is 2.04. The SMILES string of the molecule is Cc1cc(CC(C)NC(=O)CCc2nc(-c3ccco3)no2)n[nH]1. The average Bonchev–Trinajstić information content (AvgIpc) is 3.26. The van der Waals surface area contributed by atoms with Gasteiger partial charge in [-0.1, -0.05) is 5.16 Å². The van der Waals surface area contributed by atoms with Crippen LogP contribution in [-0.4, -0.2) is 32.3 Å². The van der Waals surface area contributed by atoms with Gasteiger partial charge >= 0.3 is 0 Å². The van der Waals surface area contributed by atoms with Crippen LogP contribution >= 0.6 is 0 Å². The summed E-state index contributed by atoms with van der Waals surface area (Å²) >= 11 is 0. The van der Waals surface area contributed by atoms with Crippen molar-refractivity contribution in [3.8, 4) is 11.6 Å². The van der Waals surface area contributed by atoms with E-state index >= 15 is 0 Å². The Hall–Kier alpha value is -2.90. The van der Waals surface area contributed by atoms with Gasteiger partial charge in [0.15, 0.2) is 5.76 Å². The Morgan fingerprint density at radius 3 is 3.04 bits per heavy atom. The number of furan rings is 1. The van der Waals surface area contributed by atoms with Crippen molar-refractivity contribution < 1.29 is 13.7 Å². The molecule has 0 aliphatic carbocycles. The Balaban J connectivity index is 1.45. The van der Waals surface area contributed by atoms with E-state index in [2.05, 4.69) is 25.7 Å². The molecule has 0 spiro atoms. The monoisotopic (exact) mass is 329 g/mol. The molecule has 0 aliphatic heterocycles. The number of amides is 1. The van der Waals surface area contributed by atoms with E-state index in [1.807, 2.05) is 19.9 Å². The molecular weight excluding hydrogens is 310 g/mol. The molecule has 8 heteroatoms. The van der Waals surface area contributed by atoms with E-state index in [4.69, 9.17) is 8.94 Å². The number of aromatic nitrogens is 4. The third-order valence-corrected chi connectivity index (χ3v) is 3.46. The van der Waals surface area contributed by atoms with Crippen molar-refractivity contribution in [2.45, 2.75) is 39.2 Å². The molecule has 3 aromatic rings. The molecule has 0 radical (unpaired) electrons. The maximum atomic E-state index is 12.0. The number of carbonyl (C=O) groups is 1. The summed E-state index contributed by atoms with van der Waals surface area (Å²) < 4.78 is 10.3. The van der Waals surface area contributed by atoms with Gasteiger partial charge in [-0.05, 0) is 32.0 Å². The highest BCUT2D eigenvalue weighted by molar-refractivity contribution is 5.76. The fraction of sp³-hybridized carbons (Fsp3) is 0.375. The second-order valence-electron chi connectivity index (χ2n) is 5.70. The molecule has 3 rings (SSSR count). The molecular formula is C16H19N5O3. The van der Waals surface area contributed by atoms with Crippen LogP contribution in [0.5, 0.6) is 0 Å². The first-order valence-electron chi connectivity index (χ1n) is 7.77. The molecule has 0 saturated heterocycles. The minimum Gasteiger partial charge on any atom is -0.461 e. The molecule has 1 amide bonds. The molecule has 8 nitrogen and oxygen atoms in total. The standard InChI is InChI=1S/C16H19N5O3/c1-10(8-12-9-11(2)19-20-12)17-14(22)5-6-15-18-16(21-24-15)13-4-3-7-23-13/h3-4,7,9-10H,5-6,8H2,1-2H3,(H,17,22)(H,19,20). The lowest BCUT2D eigenvalue weighted by atomic mass is 10.1. The molecule has 0 aliphatic rings. The van der Waals surface area contributed by atoms with Crippen LogP contribution in [0.1, 0.15) is 30.6 Å². The van der Waals surface area contributed by atoms with E-state index in [-0.39, 0.29) is 18.4 Å². The molecule has 3 heterocycles. The quantitative estimate of drug-likeness (QED) is 0.686. The summed E-state index contributed by atoms with van der Waals surface area (Å²) in [6.07, 6.45) is 2.89. The molecule has 126 valence electrons. The van der Waals surface area contributed by atoms with Crippen LogP contribution in [0, 0.1) is 6.92 Å². The van der Waals surface area contributed by atoms with Gasteiger partial charge in [-0.15, -0.1) is 0 Å². The highest BCUT2D eigenvalue weighted by Crippen LogP contribution is 2.16. The highest BCUT2D eigenvalue weighted by Gasteiger charge is 2.14. The van der Waals surface area contributed by atoms with E-state index in [1.54, 1.807) is 18.4 Å². The van der Waals surface area contributed by atoms with Crippen molar-refractivity contribution in [2.24, 2.45) is 0 Å². The van der Waals surface area contributed by atoms with Crippen LogP contribution in [0.2, 0.25) is 0 Å². The number of nitrogens with one attached hydrogen (secondary N) is 2. The van der Waals surface area contributed by atoms with Crippen molar-refractivity contribution in [1.29, 1.82) is 0 Å². The largest absolute Gasteiger partial charge is 0.461 e. The Morgan fingerprint density at radius 1 is 1.46 bits per heavy atom. The molecule has 0 fully saturated rings. The number of aromatic amines is 1. The van der Waals surface area contributed by atoms with Gasteiger partial charge in [0.25, 0.3) is 0 Å². The summed E-state index contributed by atoms with van der Waals surface area (Å²) in [6, 6.07) is 5.47. The Bertz CT molecular complexity index is 790. The fourth-order valence-corrected chi connectivity index (χ4v) is 2.37. The Morgan fingerprint density at radius 2 is 2.33 bits per heavy atom. The summed E-state index contributed by atoms with van der Waals surface area (Å²) in [4.78, 5) is 16.2. The second kappa shape index (κ2) is 7.12.